The van der Waals surface area contributed by atoms with Crippen molar-refractivity contribution in [3.05, 3.63) is 46.5 Å². The molecule has 134 valence electrons. The van der Waals surface area contributed by atoms with Gasteiger partial charge in [-0.25, -0.2) is 17.9 Å². The number of nitrogens with one attached hydrogen (secondary N) is 1. The topological polar surface area (TPSA) is 72.5 Å². The number of methoxy groups -OCH3 is 1. The number of rotatable bonds is 8. The summed E-state index contributed by atoms with van der Waals surface area (Å²) in [5.74, 6) is -0.623. The van der Waals surface area contributed by atoms with E-state index in [1.165, 1.54) is 7.11 Å². The Morgan fingerprint density at radius 2 is 1.92 bits per heavy atom. The van der Waals surface area contributed by atoms with Crippen LogP contribution in [-0.2, 0) is 19.6 Å². The third-order valence-corrected chi connectivity index (χ3v) is 7.60. The maximum absolute atomic E-state index is 12.5. The van der Waals surface area contributed by atoms with Gasteiger partial charge in [0.2, 0.25) is 10.0 Å². The normalized spacial score (nSPS) is 13.4. The highest BCUT2D eigenvalue weighted by Crippen LogP contribution is 2.29. The molecule has 1 unspecified atom stereocenters. The number of halogens is 1. The molecule has 0 aliphatic rings. The number of benzene rings is 1. The van der Waals surface area contributed by atoms with Gasteiger partial charge in [0.15, 0.2) is 0 Å². The summed E-state index contributed by atoms with van der Waals surface area (Å²) in [5.41, 5.74) is 0.658. The van der Waals surface area contributed by atoms with Crippen LogP contribution < -0.4 is 4.72 Å². The monoisotopic (exact) mass is 433 g/mol. The molecular weight excluding hydrogens is 410 g/mol. The first kappa shape index (κ1) is 21.1. The molecule has 8 heteroatoms. The molecule has 5 nitrogen and oxygen atoms in total. The average Bonchev–Trinajstić information content (AvgIpc) is 2.49. The quantitative estimate of drug-likeness (QED) is 0.386. The molecule has 1 aromatic carbocycles. The van der Waals surface area contributed by atoms with Gasteiger partial charge in [-0.2, -0.15) is 0 Å². The second-order valence-electron chi connectivity index (χ2n) is 6.72. The lowest BCUT2D eigenvalue weighted by Gasteiger charge is -2.22. The van der Waals surface area contributed by atoms with Gasteiger partial charge in [0.05, 0.1) is 24.5 Å². The lowest BCUT2D eigenvalue weighted by Crippen LogP contribution is -2.36. The van der Waals surface area contributed by atoms with E-state index in [-0.39, 0.29) is 11.3 Å². The fourth-order valence-corrected chi connectivity index (χ4v) is 6.74. The summed E-state index contributed by atoms with van der Waals surface area (Å²) in [6.07, 6.45) is 0. The van der Waals surface area contributed by atoms with E-state index in [2.05, 4.69) is 46.9 Å². The van der Waals surface area contributed by atoms with E-state index >= 15 is 0 Å². The number of carbonyl (C=O) groups excluding carboxylic acids is 1. The zero-order valence-corrected chi connectivity index (χ0v) is 17.8. The van der Waals surface area contributed by atoms with Crippen molar-refractivity contribution < 1.29 is 17.9 Å². The Bertz CT molecular complexity index is 713. The summed E-state index contributed by atoms with van der Waals surface area (Å²) in [7, 11) is -3.84. The molecule has 1 rings (SSSR count). The highest BCUT2D eigenvalue weighted by Gasteiger charge is 2.28. The number of carbonyl (C=O) groups is 1. The molecule has 0 radical (unpaired) electrons. The van der Waals surface area contributed by atoms with E-state index in [0.717, 1.165) is 0 Å². The summed E-state index contributed by atoms with van der Waals surface area (Å²) in [4.78, 5) is 11.9. The van der Waals surface area contributed by atoms with Gasteiger partial charge in [-0.1, -0.05) is 60.3 Å². The Morgan fingerprint density at radius 3 is 2.42 bits per heavy atom. The first-order valence-electron chi connectivity index (χ1n) is 7.48. The van der Waals surface area contributed by atoms with E-state index in [0.29, 0.717) is 16.1 Å². The highest BCUT2D eigenvalue weighted by molar-refractivity contribution is 9.10. The summed E-state index contributed by atoms with van der Waals surface area (Å²) < 4.78 is 33.0. The zero-order valence-electron chi connectivity index (χ0n) is 14.4. The van der Waals surface area contributed by atoms with Crippen molar-refractivity contribution in [2.75, 3.05) is 12.9 Å². The van der Waals surface area contributed by atoms with Crippen molar-refractivity contribution in [2.45, 2.75) is 31.7 Å². The van der Waals surface area contributed by atoms with Crippen LogP contribution in [0.25, 0.3) is 0 Å². The van der Waals surface area contributed by atoms with Crippen molar-refractivity contribution in [1.82, 2.24) is 4.72 Å². The highest BCUT2D eigenvalue weighted by atomic mass is 79.9. The first-order valence-corrected chi connectivity index (χ1v) is 13.6. The van der Waals surface area contributed by atoms with Gasteiger partial charge < -0.3 is 4.74 Å². The van der Waals surface area contributed by atoms with Crippen molar-refractivity contribution in [3.8, 4) is 0 Å². The van der Waals surface area contributed by atoms with Crippen LogP contribution in [0.2, 0.25) is 25.7 Å². The van der Waals surface area contributed by atoms with Crippen molar-refractivity contribution in [3.63, 3.8) is 0 Å². The molecule has 1 atom stereocenters. The summed E-state index contributed by atoms with van der Waals surface area (Å²) in [6, 6.07) is 6.86. The van der Waals surface area contributed by atoms with Gasteiger partial charge in [-0.15, -0.1) is 0 Å². The largest absolute Gasteiger partial charge is 0.466 e. The van der Waals surface area contributed by atoms with Gasteiger partial charge in [0, 0.05) is 12.5 Å². The van der Waals surface area contributed by atoms with Gasteiger partial charge >= 0.3 is 5.97 Å². The fourth-order valence-electron chi connectivity index (χ4n) is 1.96. The van der Waals surface area contributed by atoms with Crippen LogP contribution in [0.1, 0.15) is 11.6 Å². The van der Waals surface area contributed by atoms with E-state index in [4.69, 9.17) is 4.74 Å². The maximum atomic E-state index is 12.5. The Morgan fingerprint density at radius 1 is 1.33 bits per heavy atom. The molecule has 0 bridgehead atoms. The Balaban J connectivity index is 3.13. The molecule has 0 aliphatic heterocycles. The molecule has 0 heterocycles. The first-order chi connectivity index (χ1) is 11.0. The van der Waals surface area contributed by atoms with E-state index < -0.39 is 30.1 Å². The van der Waals surface area contributed by atoms with Crippen LogP contribution in [0.4, 0.5) is 0 Å². The lowest BCUT2D eigenvalue weighted by atomic mass is 10.0. The van der Waals surface area contributed by atoms with E-state index in [1.54, 1.807) is 18.2 Å². The van der Waals surface area contributed by atoms with Crippen LogP contribution in [0.3, 0.4) is 0 Å². The molecule has 0 amide bonds. The van der Waals surface area contributed by atoms with Crippen LogP contribution >= 0.6 is 15.9 Å². The van der Waals surface area contributed by atoms with Gasteiger partial charge in [-0.3, -0.25) is 0 Å². The number of esters is 1. The number of ether oxygens (including phenoxy) is 1. The minimum absolute atomic E-state index is 0.0259. The second-order valence-corrected chi connectivity index (χ2v) is 15.1. The summed E-state index contributed by atoms with van der Waals surface area (Å²) in [5, 5.41) is 0. The number of sulfonamides is 1. The van der Waals surface area contributed by atoms with Crippen molar-refractivity contribution in [1.29, 1.82) is 0 Å². The third kappa shape index (κ3) is 6.50. The van der Waals surface area contributed by atoms with Crippen LogP contribution in [-0.4, -0.2) is 35.3 Å². The van der Waals surface area contributed by atoms with Crippen molar-refractivity contribution in [2.24, 2.45) is 0 Å². The van der Waals surface area contributed by atoms with Crippen LogP contribution in [0, 0.1) is 0 Å². The predicted molar refractivity (Wildman–Crippen MR) is 103 cm³/mol. The zero-order chi connectivity index (χ0) is 18.5. The standard InChI is InChI=1S/C16H24BrNO4SSi/c1-12(16(19)22-2)15(13-8-6-7-9-14(13)17)18-23(20,21)10-11-24(3,4)5/h6-9,15,18H,1,10-11H2,2-5H3. The predicted octanol–water partition coefficient (Wildman–Crippen LogP) is 3.48. The SMILES string of the molecule is C=C(C(=O)OC)C(NS(=O)(=O)CC[Si](C)(C)C)c1ccccc1Br. The second kappa shape index (κ2) is 8.42. The molecular formula is C16H24BrNO4SSi. The molecule has 0 fully saturated rings. The third-order valence-electron chi connectivity index (χ3n) is 3.43. The smallest absolute Gasteiger partial charge is 0.335 e. The Labute approximate surface area is 153 Å². The molecule has 1 N–H and O–H groups in total. The van der Waals surface area contributed by atoms with Crippen LogP contribution in [0.5, 0.6) is 0 Å². The van der Waals surface area contributed by atoms with E-state index in [9.17, 15) is 13.2 Å². The number of hydrogen-bond donors (Lipinski definition) is 1. The summed E-state index contributed by atoms with van der Waals surface area (Å²) in [6.45, 7) is 10.1. The molecule has 24 heavy (non-hydrogen) atoms. The van der Waals surface area contributed by atoms with E-state index in [1.807, 2.05) is 6.07 Å². The molecule has 0 aliphatic carbocycles. The fraction of sp³-hybridized carbons (Fsp3) is 0.438. The van der Waals surface area contributed by atoms with Gasteiger partial charge in [0.25, 0.3) is 0 Å². The minimum atomic E-state index is -3.57. The van der Waals surface area contributed by atoms with Gasteiger partial charge in [0.1, 0.15) is 0 Å². The Kier molecular flexibility index (Phi) is 7.39. The lowest BCUT2D eigenvalue weighted by molar-refractivity contribution is -0.136. The summed E-state index contributed by atoms with van der Waals surface area (Å²) >= 11 is 3.39. The van der Waals surface area contributed by atoms with Crippen molar-refractivity contribution >= 4 is 40.0 Å². The average molecular weight is 434 g/mol. The molecule has 0 saturated carbocycles. The molecule has 1 aromatic rings. The number of hydrogen-bond acceptors (Lipinski definition) is 4. The molecule has 0 saturated heterocycles. The maximum Gasteiger partial charge on any atom is 0.335 e. The van der Waals surface area contributed by atoms with Crippen LogP contribution in [0.15, 0.2) is 40.9 Å². The Hall–Kier alpha value is -0.963. The minimum Gasteiger partial charge on any atom is -0.466 e. The van der Waals surface area contributed by atoms with Gasteiger partial charge in [-0.05, 0) is 17.7 Å². The molecule has 0 spiro atoms. The molecule has 0 aromatic heterocycles.